The Labute approximate surface area is 158 Å². The monoisotopic (exact) mass is 399 g/mol. The summed E-state index contributed by atoms with van der Waals surface area (Å²) in [5, 5.41) is 0.219. The van der Waals surface area contributed by atoms with Crippen molar-refractivity contribution >= 4 is 33.2 Å². The van der Waals surface area contributed by atoms with E-state index in [-0.39, 0.29) is 21.1 Å². The molecule has 8 heteroatoms. The lowest BCUT2D eigenvalue weighted by atomic mass is 10.1. The fraction of sp³-hybridized carbons (Fsp3) is 0.353. The van der Waals surface area contributed by atoms with Crippen molar-refractivity contribution in [3.05, 3.63) is 58.3 Å². The maximum absolute atomic E-state index is 12.5. The quantitative estimate of drug-likeness (QED) is 0.783. The molecule has 3 rings (SSSR count). The Balaban J connectivity index is 1.57. The molecule has 1 fully saturated rings. The zero-order chi connectivity index (χ0) is 17.9. The molecule has 0 bridgehead atoms. The van der Waals surface area contributed by atoms with E-state index in [2.05, 4.69) is 26.7 Å². The molecule has 0 spiro atoms. The number of piperidine rings is 1. The average Bonchev–Trinajstić information content (AvgIpc) is 2.60. The molecule has 0 radical (unpaired) electrons. The molecule has 0 amide bonds. The van der Waals surface area contributed by atoms with Crippen molar-refractivity contribution in [3.63, 3.8) is 0 Å². The van der Waals surface area contributed by atoms with Crippen LogP contribution in [0.5, 0.6) is 0 Å². The number of halogens is 2. The number of aromatic nitrogens is 1. The summed E-state index contributed by atoms with van der Waals surface area (Å²) >= 11 is 11.6. The van der Waals surface area contributed by atoms with Crippen LogP contribution in [0, 0.1) is 0 Å². The average molecular weight is 400 g/mol. The van der Waals surface area contributed by atoms with E-state index in [9.17, 15) is 8.42 Å². The van der Waals surface area contributed by atoms with Crippen molar-refractivity contribution in [2.75, 3.05) is 13.1 Å². The van der Waals surface area contributed by atoms with Gasteiger partial charge in [-0.25, -0.2) is 18.1 Å². The number of nitrogens with one attached hydrogen (secondary N) is 1. The standard InChI is InChI=1S/C17H19Cl2N3O2S/c18-16-10-15(11-20-17(16)19)25(23,24)21-14-6-8-22(9-7-14)12-13-4-2-1-3-5-13/h1-5,10-11,14,21H,6-9,12H2. The lowest BCUT2D eigenvalue weighted by molar-refractivity contribution is 0.200. The Morgan fingerprint density at radius 1 is 1.16 bits per heavy atom. The zero-order valence-corrected chi connectivity index (χ0v) is 15.9. The Hall–Kier alpha value is -1.18. The van der Waals surface area contributed by atoms with Crippen LogP contribution in [0.1, 0.15) is 18.4 Å². The summed E-state index contributed by atoms with van der Waals surface area (Å²) in [5.74, 6) is 0. The lowest BCUT2D eigenvalue weighted by Crippen LogP contribution is -2.44. The molecule has 1 aromatic heterocycles. The lowest BCUT2D eigenvalue weighted by Gasteiger charge is -2.32. The Morgan fingerprint density at radius 3 is 2.48 bits per heavy atom. The summed E-state index contributed by atoms with van der Waals surface area (Å²) < 4.78 is 27.7. The summed E-state index contributed by atoms with van der Waals surface area (Å²) in [6.45, 7) is 2.58. The second kappa shape index (κ2) is 8.01. The molecule has 0 unspecified atom stereocenters. The molecule has 5 nitrogen and oxygen atoms in total. The van der Waals surface area contributed by atoms with E-state index >= 15 is 0 Å². The van der Waals surface area contributed by atoms with Crippen LogP contribution in [0.2, 0.25) is 10.2 Å². The van der Waals surface area contributed by atoms with Crippen LogP contribution in [0.3, 0.4) is 0 Å². The highest BCUT2D eigenvalue weighted by Crippen LogP contribution is 2.23. The van der Waals surface area contributed by atoms with Crippen molar-refractivity contribution in [1.29, 1.82) is 0 Å². The van der Waals surface area contributed by atoms with Gasteiger partial charge in [-0.15, -0.1) is 0 Å². The highest BCUT2D eigenvalue weighted by atomic mass is 35.5. The number of benzene rings is 1. The Kier molecular flexibility index (Phi) is 5.96. The molecule has 1 saturated heterocycles. The first kappa shape index (κ1) is 18.6. The number of hydrogen-bond acceptors (Lipinski definition) is 4. The van der Waals surface area contributed by atoms with E-state index in [1.165, 1.54) is 17.8 Å². The topological polar surface area (TPSA) is 62.3 Å². The van der Waals surface area contributed by atoms with Crippen LogP contribution in [0.4, 0.5) is 0 Å². The van der Waals surface area contributed by atoms with Gasteiger partial charge in [0.1, 0.15) is 10.0 Å². The van der Waals surface area contributed by atoms with Crippen LogP contribution in [-0.4, -0.2) is 37.4 Å². The van der Waals surface area contributed by atoms with E-state index in [4.69, 9.17) is 23.2 Å². The van der Waals surface area contributed by atoms with Crippen molar-refractivity contribution < 1.29 is 8.42 Å². The molecule has 2 aromatic rings. The van der Waals surface area contributed by atoms with Crippen molar-refractivity contribution in [2.24, 2.45) is 0 Å². The summed E-state index contributed by atoms with van der Waals surface area (Å²) in [7, 11) is -3.65. The van der Waals surface area contributed by atoms with Gasteiger partial charge in [-0.05, 0) is 24.5 Å². The summed E-state index contributed by atoms with van der Waals surface area (Å²) in [4.78, 5) is 6.17. The number of pyridine rings is 1. The summed E-state index contributed by atoms with van der Waals surface area (Å²) in [5.41, 5.74) is 1.27. The molecular formula is C17H19Cl2N3O2S. The minimum absolute atomic E-state index is 0.0358. The fourth-order valence-corrected chi connectivity index (χ4v) is 4.50. The molecule has 1 aromatic carbocycles. The largest absolute Gasteiger partial charge is 0.299 e. The first-order valence-electron chi connectivity index (χ1n) is 8.04. The normalized spacial score (nSPS) is 16.9. The van der Waals surface area contributed by atoms with E-state index in [0.717, 1.165) is 32.5 Å². The number of likely N-dealkylation sites (tertiary alicyclic amines) is 1. The molecular weight excluding hydrogens is 381 g/mol. The summed E-state index contributed by atoms with van der Waals surface area (Å²) in [6, 6.07) is 11.5. The van der Waals surface area contributed by atoms with Gasteiger partial charge in [0.25, 0.3) is 0 Å². The molecule has 134 valence electrons. The predicted molar refractivity (Wildman–Crippen MR) is 99.3 cm³/mol. The highest BCUT2D eigenvalue weighted by molar-refractivity contribution is 7.89. The van der Waals surface area contributed by atoms with E-state index in [1.54, 1.807) is 0 Å². The molecule has 1 aliphatic rings. The van der Waals surface area contributed by atoms with Gasteiger partial charge in [0.05, 0.1) is 5.02 Å². The van der Waals surface area contributed by atoms with Crippen LogP contribution in [-0.2, 0) is 16.6 Å². The predicted octanol–water partition coefficient (Wildman–Crippen LogP) is 3.33. The van der Waals surface area contributed by atoms with E-state index in [0.29, 0.717) is 0 Å². The van der Waals surface area contributed by atoms with Crippen LogP contribution in [0.25, 0.3) is 0 Å². The van der Waals surface area contributed by atoms with Gasteiger partial charge in [0.15, 0.2) is 0 Å². The van der Waals surface area contributed by atoms with Gasteiger partial charge >= 0.3 is 0 Å². The Morgan fingerprint density at radius 2 is 1.84 bits per heavy atom. The second-order valence-corrected chi connectivity index (χ2v) is 8.58. The first-order valence-corrected chi connectivity index (χ1v) is 10.3. The van der Waals surface area contributed by atoms with Gasteiger partial charge in [-0.1, -0.05) is 53.5 Å². The molecule has 2 heterocycles. The number of sulfonamides is 1. The molecule has 0 aliphatic carbocycles. The summed E-state index contributed by atoms with van der Waals surface area (Å²) in [6.07, 6.45) is 2.75. The minimum atomic E-state index is -3.65. The van der Waals surface area contributed by atoms with E-state index in [1.807, 2.05) is 18.2 Å². The van der Waals surface area contributed by atoms with Crippen molar-refractivity contribution in [1.82, 2.24) is 14.6 Å². The van der Waals surface area contributed by atoms with E-state index < -0.39 is 10.0 Å². The van der Waals surface area contributed by atoms with Crippen molar-refractivity contribution in [2.45, 2.75) is 30.3 Å². The molecule has 0 atom stereocenters. The van der Waals surface area contributed by atoms with Gasteiger partial charge in [0, 0.05) is 31.9 Å². The third-order valence-electron chi connectivity index (χ3n) is 4.24. The van der Waals surface area contributed by atoms with Crippen LogP contribution in [0.15, 0.2) is 47.5 Å². The molecule has 25 heavy (non-hydrogen) atoms. The van der Waals surface area contributed by atoms with Gasteiger partial charge < -0.3 is 0 Å². The number of rotatable bonds is 5. The van der Waals surface area contributed by atoms with Crippen LogP contribution < -0.4 is 4.72 Å². The maximum Gasteiger partial charge on any atom is 0.242 e. The van der Waals surface area contributed by atoms with Crippen LogP contribution >= 0.6 is 23.2 Å². The molecule has 0 saturated carbocycles. The fourth-order valence-electron chi connectivity index (χ4n) is 2.89. The van der Waals surface area contributed by atoms with Crippen molar-refractivity contribution in [3.8, 4) is 0 Å². The number of nitrogens with zero attached hydrogens (tertiary/aromatic N) is 2. The third kappa shape index (κ3) is 4.92. The smallest absolute Gasteiger partial charge is 0.242 e. The molecule has 1 aliphatic heterocycles. The van der Waals surface area contributed by atoms with Gasteiger partial charge in [-0.2, -0.15) is 0 Å². The number of hydrogen-bond donors (Lipinski definition) is 1. The minimum Gasteiger partial charge on any atom is -0.299 e. The highest BCUT2D eigenvalue weighted by Gasteiger charge is 2.25. The first-order chi connectivity index (χ1) is 11.9. The van der Waals surface area contributed by atoms with Gasteiger partial charge in [-0.3, -0.25) is 4.90 Å². The van der Waals surface area contributed by atoms with Gasteiger partial charge in [0.2, 0.25) is 10.0 Å². The molecule has 1 N–H and O–H groups in total. The third-order valence-corrected chi connectivity index (χ3v) is 6.41. The SMILES string of the molecule is O=S(=O)(NC1CCN(Cc2ccccc2)CC1)c1cnc(Cl)c(Cl)c1. The Bertz CT molecular complexity index is 823. The zero-order valence-electron chi connectivity index (χ0n) is 13.5. The second-order valence-electron chi connectivity index (χ2n) is 6.10. The maximum atomic E-state index is 12.5.